The Balaban J connectivity index is 2.26. The Labute approximate surface area is 155 Å². The summed E-state index contributed by atoms with van der Waals surface area (Å²) in [6.45, 7) is 6.46. The Hall–Kier alpha value is -1.53. The maximum Gasteiger partial charge on any atom is 0.183 e. The number of halogens is 1. The van der Waals surface area contributed by atoms with Crippen LogP contribution in [-0.2, 0) is 4.43 Å². The van der Waals surface area contributed by atoms with E-state index in [1.807, 2.05) is 30.3 Å². The van der Waals surface area contributed by atoms with Crippen molar-refractivity contribution in [2.45, 2.75) is 31.8 Å². The van der Waals surface area contributed by atoms with Gasteiger partial charge in [0, 0.05) is 11.1 Å². The summed E-state index contributed by atoms with van der Waals surface area (Å²) in [6.07, 6.45) is -1.39. The lowest BCUT2D eigenvalue weighted by Crippen LogP contribution is -2.35. The van der Waals surface area contributed by atoms with Gasteiger partial charge < -0.3 is 19.0 Å². The summed E-state index contributed by atoms with van der Waals surface area (Å²) in [6, 6.07) is 14.7. The van der Waals surface area contributed by atoms with Gasteiger partial charge in [0.15, 0.2) is 25.9 Å². The molecule has 0 aliphatic carbocycles. The Kier molecular flexibility index (Phi) is 6.90. The van der Waals surface area contributed by atoms with Crippen molar-refractivity contribution < 1.29 is 19.0 Å². The molecule has 0 amide bonds. The van der Waals surface area contributed by atoms with E-state index in [0.717, 1.165) is 5.56 Å². The molecule has 0 unspecified atom stereocenters. The van der Waals surface area contributed by atoms with Gasteiger partial charge in [0.25, 0.3) is 0 Å². The zero-order valence-electron chi connectivity index (χ0n) is 15.0. The van der Waals surface area contributed by atoms with Gasteiger partial charge in [0.05, 0.1) is 13.7 Å². The van der Waals surface area contributed by atoms with E-state index in [0.29, 0.717) is 16.5 Å². The minimum atomic E-state index is -1.74. The molecule has 0 bridgehead atoms. The van der Waals surface area contributed by atoms with Crippen molar-refractivity contribution >= 4 is 19.9 Å². The molecule has 2 rings (SSSR count). The third-order valence-corrected chi connectivity index (χ3v) is 4.81. The molecule has 25 heavy (non-hydrogen) atoms. The summed E-state index contributed by atoms with van der Waals surface area (Å²) in [5, 5.41) is 11.3. The Morgan fingerprint density at radius 1 is 1.04 bits per heavy atom. The number of hydrogen-bond donors (Lipinski definition) is 1. The van der Waals surface area contributed by atoms with Crippen molar-refractivity contribution in [3.63, 3.8) is 0 Å². The van der Waals surface area contributed by atoms with Crippen LogP contribution in [0.2, 0.25) is 24.7 Å². The topological polar surface area (TPSA) is 47.9 Å². The van der Waals surface area contributed by atoms with Crippen LogP contribution in [-0.4, -0.2) is 33.2 Å². The number of aliphatic hydroxyl groups is 1. The predicted octanol–water partition coefficient (Wildman–Crippen LogP) is 4.68. The van der Waals surface area contributed by atoms with Crippen LogP contribution in [0, 0.1) is 0 Å². The van der Waals surface area contributed by atoms with Crippen LogP contribution in [0.25, 0.3) is 0 Å². The highest BCUT2D eigenvalue weighted by Gasteiger charge is 2.27. The fraction of sp³-hybridized carbons (Fsp3) is 0.368. The molecular weight excluding hydrogens is 356 g/mol. The largest absolute Gasteiger partial charge is 0.493 e. The molecule has 0 saturated carbocycles. The average molecular weight is 381 g/mol. The first-order valence-electron chi connectivity index (χ1n) is 8.17. The van der Waals surface area contributed by atoms with Crippen LogP contribution in [0.1, 0.15) is 11.7 Å². The molecule has 136 valence electrons. The van der Waals surface area contributed by atoms with Crippen LogP contribution in [0.15, 0.2) is 48.5 Å². The van der Waals surface area contributed by atoms with Crippen molar-refractivity contribution in [1.82, 2.24) is 0 Å². The number of rotatable bonds is 8. The van der Waals surface area contributed by atoms with Crippen molar-refractivity contribution in [3.8, 4) is 11.5 Å². The summed E-state index contributed by atoms with van der Waals surface area (Å²) in [7, 11) is -0.185. The van der Waals surface area contributed by atoms with Crippen LogP contribution in [0.5, 0.6) is 11.5 Å². The number of aliphatic hydroxyl groups excluding tert-OH is 1. The molecule has 0 fully saturated rings. The van der Waals surface area contributed by atoms with Crippen LogP contribution in [0.3, 0.4) is 0 Å². The second kappa shape index (κ2) is 8.72. The molecule has 0 radical (unpaired) electrons. The summed E-state index contributed by atoms with van der Waals surface area (Å²) in [4.78, 5) is 0. The van der Waals surface area contributed by atoms with Gasteiger partial charge >= 0.3 is 0 Å². The van der Waals surface area contributed by atoms with E-state index in [2.05, 4.69) is 19.6 Å². The van der Waals surface area contributed by atoms with Crippen molar-refractivity contribution in [3.05, 3.63) is 59.1 Å². The highest BCUT2D eigenvalue weighted by atomic mass is 35.5. The van der Waals surface area contributed by atoms with E-state index < -0.39 is 20.5 Å². The lowest BCUT2D eigenvalue weighted by Gasteiger charge is -2.28. The van der Waals surface area contributed by atoms with E-state index >= 15 is 0 Å². The lowest BCUT2D eigenvalue weighted by molar-refractivity contribution is 0.00191. The minimum Gasteiger partial charge on any atom is -0.493 e. The van der Waals surface area contributed by atoms with Gasteiger partial charge in [-0.15, -0.1) is 0 Å². The monoisotopic (exact) mass is 380 g/mol. The molecular formula is C19H25ClO4Si. The van der Waals surface area contributed by atoms with E-state index in [9.17, 15) is 5.11 Å². The van der Waals surface area contributed by atoms with Crippen LogP contribution >= 0.6 is 11.6 Å². The summed E-state index contributed by atoms with van der Waals surface area (Å²) in [5.41, 5.74) is 0.867. The molecule has 2 atom stereocenters. The Bertz CT molecular complexity index is 673. The molecule has 0 aromatic heterocycles. The fourth-order valence-corrected chi connectivity index (χ4v) is 3.14. The quantitative estimate of drug-likeness (QED) is 0.675. The highest BCUT2D eigenvalue weighted by molar-refractivity contribution is 6.69. The van der Waals surface area contributed by atoms with Gasteiger partial charge in [0.1, 0.15) is 6.10 Å². The second-order valence-electron chi connectivity index (χ2n) is 6.74. The normalized spacial score (nSPS) is 14.0. The van der Waals surface area contributed by atoms with E-state index in [4.69, 9.17) is 25.5 Å². The van der Waals surface area contributed by atoms with Gasteiger partial charge in [0.2, 0.25) is 0 Å². The molecule has 0 aliphatic rings. The first kappa shape index (κ1) is 19.8. The molecule has 2 aromatic rings. The average Bonchev–Trinajstić information content (AvgIpc) is 2.58. The number of ether oxygens (including phenoxy) is 2. The van der Waals surface area contributed by atoms with Gasteiger partial charge in [-0.25, -0.2) is 0 Å². The number of benzene rings is 2. The van der Waals surface area contributed by atoms with Crippen molar-refractivity contribution in [2.75, 3.05) is 13.7 Å². The van der Waals surface area contributed by atoms with Crippen molar-refractivity contribution in [2.24, 2.45) is 0 Å². The van der Waals surface area contributed by atoms with Crippen LogP contribution < -0.4 is 9.47 Å². The van der Waals surface area contributed by atoms with E-state index in [1.165, 1.54) is 0 Å². The van der Waals surface area contributed by atoms with Crippen LogP contribution in [0.4, 0.5) is 0 Å². The zero-order chi connectivity index (χ0) is 18.4. The zero-order valence-corrected chi connectivity index (χ0v) is 16.8. The molecule has 0 spiro atoms. The SMILES string of the molecule is COc1cc(Cl)ccc1O[C@@H](c1ccccc1)[C@H](O)CO[Si](C)(C)C. The van der Waals surface area contributed by atoms with E-state index in [-0.39, 0.29) is 6.61 Å². The molecule has 1 N–H and O–H groups in total. The van der Waals surface area contributed by atoms with Gasteiger partial charge in [-0.05, 0) is 37.3 Å². The molecule has 2 aromatic carbocycles. The predicted molar refractivity (Wildman–Crippen MR) is 103 cm³/mol. The smallest absolute Gasteiger partial charge is 0.183 e. The Morgan fingerprint density at radius 2 is 1.72 bits per heavy atom. The fourth-order valence-electron chi connectivity index (χ4n) is 2.31. The third-order valence-electron chi connectivity index (χ3n) is 3.54. The minimum absolute atomic E-state index is 0.213. The van der Waals surface area contributed by atoms with Crippen molar-refractivity contribution in [1.29, 1.82) is 0 Å². The highest BCUT2D eigenvalue weighted by Crippen LogP contribution is 2.34. The summed E-state index contributed by atoms with van der Waals surface area (Å²) in [5.74, 6) is 1.04. The summed E-state index contributed by atoms with van der Waals surface area (Å²) < 4.78 is 17.3. The van der Waals surface area contributed by atoms with Gasteiger partial charge in [-0.2, -0.15) is 0 Å². The number of methoxy groups -OCH3 is 1. The second-order valence-corrected chi connectivity index (χ2v) is 11.7. The van der Waals surface area contributed by atoms with Gasteiger partial charge in [-0.1, -0.05) is 41.9 Å². The standard InChI is InChI=1S/C19H25ClO4Si/c1-22-18-12-15(20)10-11-17(18)24-19(14-8-6-5-7-9-14)16(21)13-23-25(2,3)4/h5-12,16,19,21H,13H2,1-4H3/t16-,19+/m1/s1. The molecule has 0 saturated heterocycles. The lowest BCUT2D eigenvalue weighted by atomic mass is 10.0. The first-order valence-corrected chi connectivity index (χ1v) is 12.0. The molecule has 4 nitrogen and oxygen atoms in total. The molecule has 0 aliphatic heterocycles. The van der Waals surface area contributed by atoms with Gasteiger partial charge in [-0.3, -0.25) is 0 Å². The maximum atomic E-state index is 10.7. The maximum absolute atomic E-state index is 10.7. The molecule has 6 heteroatoms. The Morgan fingerprint density at radius 3 is 2.32 bits per heavy atom. The first-order chi connectivity index (χ1) is 11.8. The summed E-state index contributed by atoms with van der Waals surface area (Å²) >= 11 is 6.01. The number of hydrogen-bond acceptors (Lipinski definition) is 4. The van der Waals surface area contributed by atoms with E-state index in [1.54, 1.807) is 25.3 Å². The molecule has 0 heterocycles. The third kappa shape index (κ3) is 6.04.